The molecule has 1 aromatic rings. The van der Waals surface area contributed by atoms with Gasteiger partial charge in [0.2, 0.25) is 0 Å². The van der Waals surface area contributed by atoms with Gasteiger partial charge in [0.25, 0.3) is 5.91 Å². The molecule has 132 valence electrons. The molecule has 3 unspecified atom stereocenters. The van der Waals surface area contributed by atoms with Crippen molar-refractivity contribution in [1.29, 1.82) is 0 Å². The van der Waals surface area contributed by atoms with E-state index in [1.165, 1.54) is 0 Å². The lowest BCUT2D eigenvalue weighted by atomic mass is 10.1. The maximum Gasteiger partial charge on any atom is 0.255 e. The molecule has 0 spiro atoms. The molecule has 3 heterocycles. The van der Waals surface area contributed by atoms with Crippen molar-refractivity contribution in [1.82, 2.24) is 14.8 Å². The Hall–Kier alpha value is -1.66. The fourth-order valence-electron chi connectivity index (χ4n) is 3.67. The highest BCUT2D eigenvalue weighted by atomic mass is 16.5. The monoisotopic (exact) mass is 332 g/mol. The van der Waals surface area contributed by atoms with Gasteiger partial charge in [-0.3, -0.25) is 4.79 Å². The highest BCUT2D eigenvalue weighted by Crippen LogP contribution is 2.19. The van der Waals surface area contributed by atoms with Gasteiger partial charge in [-0.05, 0) is 40.0 Å². The van der Waals surface area contributed by atoms with Crippen LogP contribution in [0.2, 0.25) is 0 Å². The molecule has 1 amide bonds. The Morgan fingerprint density at radius 3 is 2.42 bits per heavy atom. The summed E-state index contributed by atoms with van der Waals surface area (Å²) in [5, 5.41) is 0. The second-order valence-corrected chi connectivity index (χ2v) is 7.18. The van der Waals surface area contributed by atoms with E-state index >= 15 is 0 Å². The molecule has 0 aromatic carbocycles. The van der Waals surface area contributed by atoms with Crippen molar-refractivity contribution in [3.8, 4) is 0 Å². The van der Waals surface area contributed by atoms with Gasteiger partial charge >= 0.3 is 0 Å². The van der Waals surface area contributed by atoms with E-state index in [1.54, 1.807) is 6.20 Å². The summed E-state index contributed by atoms with van der Waals surface area (Å²) in [6, 6.07) is 4.09. The quantitative estimate of drug-likeness (QED) is 0.821. The summed E-state index contributed by atoms with van der Waals surface area (Å²) in [4.78, 5) is 23.7. The third kappa shape index (κ3) is 3.70. The van der Waals surface area contributed by atoms with Crippen LogP contribution in [0.15, 0.2) is 18.3 Å². The molecule has 3 atom stereocenters. The SMILES string of the molecule is CC1CN(c2ccc(C(=O)N3CCN(C)CC3C)cn2)CC(C)O1. The predicted octanol–water partition coefficient (Wildman–Crippen LogP) is 1.47. The van der Waals surface area contributed by atoms with E-state index < -0.39 is 0 Å². The van der Waals surface area contributed by atoms with Gasteiger partial charge in [-0.25, -0.2) is 4.98 Å². The number of ether oxygens (including phenoxy) is 1. The molecule has 6 nitrogen and oxygen atoms in total. The fraction of sp³-hybridized carbons (Fsp3) is 0.667. The average Bonchev–Trinajstić information content (AvgIpc) is 2.53. The van der Waals surface area contributed by atoms with Gasteiger partial charge in [0, 0.05) is 45.0 Å². The Kier molecular flexibility index (Phi) is 5.06. The number of hydrogen-bond donors (Lipinski definition) is 0. The van der Waals surface area contributed by atoms with Gasteiger partial charge in [0.05, 0.1) is 17.8 Å². The minimum absolute atomic E-state index is 0.0818. The molecular formula is C18H28N4O2. The summed E-state index contributed by atoms with van der Waals surface area (Å²) in [6.45, 7) is 10.5. The number of amides is 1. The van der Waals surface area contributed by atoms with Crippen molar-refractivity contribution in [2.24, 2.45) is 0 Å². The molecule has 1 aromatic heterocycles. The third-order valence-electron chi connectivity index (χ3n) is 4.83. The predicted molar refractivity (Wildman–Crippen MR) is 94.5 cm³/mol. The standard InChI is InChI=1S/C18H28N4O2/c1-13-10-20(4)7-8-22(13)18(23)16-5-6-17(19-9-16)21-11-14(2)24-15(3)12-21/h5-6,9,13-15H,7-8,10-12H2,1-4H3. The Morgan fingerprint density at radius 2 is 1.83 bits per heavy atom. The van der Waals surface area contributed by atoms with Gasteiger partial charge in [0.1, 0.15) is 5.82 Å². The summed E-state index contributed by atoms with van der Waals surface area (Å²) >= 11 is 0. The molecule has 3 rings (SSSR count). The zero-order valence-corrected chi connectivity index (χ0v) is 15.1. The first-order valence-corrected chi connectivity index (χ1v) is 8.80. The number of morpholine rings is 1. The van der Waals surface area contributed by atoms with Crippen molar-refractivity contribution in [3.63, 3.8) is 0 Å². The Morgan fingerprint density at radius 1 is 1.12 bits per heavy atom. The number of likely N-dealkylation sites (N-methyl/N-ethyl adjacent to an activating group) is 1. The van der Waals surface area contributed by atoms with E-state index in [2.05, 4.69) is 42.6 Å². The number of carbonyl (C=O) groups excluding carboxylic acids is 1. The fourth-order valence-corrected chi connectivity index (χ4v) is 3.67. The summed E-state index contributed by atoms with van der Waals surface area (Å²) < 4.78 is 5.77. The van der Waals surface area contributed by atoms with Crippen LogP contribution in [0.3, 0.4) is 0 Å². The van der Waals surface area contributed by atoms with Crippen LogP contribution in [0.25, 0.3) is 0 Å². The topological polar surface area (TPSA) is 48.9 Å². The molecule has 2 saturated heterocycles. The van der Waals surface area contributed by atoms with Crippen molar-refractivity contribution in [2.75, 3.05) is 44.7 Å². The molecule has 2 aliphatic heterocycles. The number of carbonyl (C=O) groups is 1. The van der Waals surface area contributed by atoms with Gasteiger partial charge in [-0.15, -0.1) is 0 Å². The Balaban J connectivity index is 1.69. The number of hydrogen-bond acceptors (Lipinski definition) is 5. The number of pyridine rings is 1. The molecular weight excluding hydrogens is 304 g/mol. The molecule has 6 heteroatoms. The van der Waals surface area contributed by atoms with E-state index in [0.717, 1.165) is 38.5 Å². The minimum atomic E-state index is 0.0818. The van der Waals surface area contributed by atoms with Crippen LogP contribution in [-0.4, -0.2) is 78.7 Å². The maximum atomic E-state index is 12.7. The number of piperazine rings is 1. The van der Waals surface area contributed by atoms with Gasteiger partial charge in [-0.1, -0.05) is 0 Å². The largest absolute Gasteiger partial charge is 0.372 e. The Labute approximate surface area is 144 Å². The van der Waals surface area contributed by atoms with Crippen LogP contribution in [0.4, 0.5) is 5.82 Å². The van der Waals surface area contributed by atoms with Gasteiger partial charge in [0.15, 0.2) is 0 Å². The van der Waals surface area contributed by atoms with Crippen molar-refractivity contribution >= 4 is 11.7 Å². The lowest BCUT2D eigenvalue weighted by molar-refractivity contribution is -0.00546. The average molecular weight is 332 g/mol. The lowest BCUT2D eigenvalue weighted by Crippen LogP contribution is -2.52. The summed E-state index contributed by atoms with van der Waals surface area (Å²) in [6.07, 6.45) is 2.11. The molecule has 0 bridgehead atoms. The van der Waals surface area contributed by atoms with Crippen LogP contribution in [0.1, 0.15) is 31.1 Å². The van der Waals surface area contributed by atoms with Crippen LogP contribution in [0, 0.1) is 0 Å². The zero-order chi connectivity index (χ0) is 17.3. The van der Waals surface area contributed by atoms with E-state index in [0.29, 0.717) is 5.56 Å². The second-order valence-electron chi connectivity index (χ2n) is 7.18. The van der Waals surface area contributed by atoms with Crippen LogP contribution in [0.5, 0.6) is 0 Å². The van der Waals surface area contributed by atoms with Crippen LogP contribution < -0.4 is 4.90 Å². The Bertz CT molecular complexity index is 567. The van der Waals surface area contributed by atoms with E-state index in [9.17, 15) is 4.79 Å². The van der Waals surface area contributed by atoms with E-state index in [4.69, 9.17) is 4.74 Å². The van der Waals surface area contributed by atoms with Crippen LogP contribution >= 0.6 is 0 Å². The minimum Gasteiger partial charge on any atom is -0.372 e. The normalized spacial score (nSPS) is 28.9. The number of nitrogens with zero attached hydrogens (tertiary/aromatic N) is 4. The van der Waals surface area contributed by atoms with Crippen molar-refractivity contribution in [3.05, 3.63) is 23.9 Å². The molecule has 2 fully saturated rings. The van der Waals surface area contributed by atoms with Gasteiger partial charge < -0.3 is 19.4 Å². The highest BCUT2D eigenvalue weighted by Gasteiger charge is 2.27. The molecule has 0 aliphatic carbocycles. The summed E-state index contributed by atoms with van der Waals surface area (Å²) in [7, 11) is 2.10. The number of anilines is 1. The zero-order valence-electron chi connectivity index (χ0n) is 15.1. The maximum absolute atomic E-state index is 12.7. The summed E-state index contributed by atoms with van der Waals surface area (Å²) in [5.41, 5.74) is 0.671. The smallest absolute Gasteiger partial charge is 0.255 e. The molecule has 2 aliphatic rings. The first-order valence-electron chi connectivity index (χ1n) is 8.80. The highest BCUT2D eigenvalue weighted by molar-refractivity contribution is 5.94. The van der Waals surface area contributed by atoms with Crippen LogP contribution in [-0.2, 0) is 4.74 Å². The molecule has 0 N–H and O–H groups in total. The van der Waals surface area contributed by atoms with E-state index in [1.807, 2.05) is 17.0 Å². The van der Waals surface area contributed by atoms with Crippen molar-refractivity contribution < 1.29 is 9.53 Å². The number of rotatable bonds is 2. The lowest BCUT2D eigenvalue weighted by Gasteiger charge is -2.38. The van der Waals surface area contributed by atoms with Gasteiger partial charge in [-0.2, -0.15) is 0 Å². The van der Waals surface area contributed by atoms with Crippen molar-refractivity contribution in [2.45, 2.75) is 39.0 Å². The van der Waals surface area contributed by atoms with E-state index in [-0.39, 0.29) is 24.2 Å². The molecule has 0 saturated carbocycles. The third-order valence-corrected chi connectivity index (χ3v) is 4.83. The first-order chi connectivity index (χ1) is 11.4. The molecule has 0 radical (unpaired) electrons. The number of aromatic nitrogens is 1. The summed E-state index contributed by atoms with van der Waals surface area (Å²) in [5.74, 6) is 0.998. The first kappa shape index (κ1) is 17.2. The second kappa shape index (κ2) is 7.07. The molecule has 24 heavy (non-hydrogen) atoms.